The van der Waals surface area contributed by atoms with E-state index in [9.17, 15) is 27.6 Å². The molecule has 3 aromatic rings. The summed E-state index contributed by atoms with van der Waals surface area (Å²) in [5.74, 6) is -2.09. The van der Waals surface area contributed by atoms with Gasteiger partial charge >= 0.3 is 12.1 Å². The molecule has 0 unspecified atom stereocenters. The van der Waals surface area contributed by atoms with Crippen LogP contribution in [-0.4, -0.2) is 22.8 Å². The molecule has 33 heavy (non-hydrogen) atoms. The number of benzene rings is 2. The zero-order chi connectivity index (χ0) is 24.5. The monoisotopic (exact) mass is 475 g/mol. The van der Waals surface area contributed by atoms with Crippen molar-refractivity contribution in [2.24, 2.45) is 0 Å². The molecular weight excluding hydrogens is 455 g/mol. The third-order valence-electron chi connectivity index (χ3n) is 5.19. The van der Waals surface area contributed by atoms with Crippen molar-refractivity contribution in [1.82, 2.24) is 5.32 Å². The first-order chi connectivity index (χ1) is 15.4. The second-order valence-corrected chi connectivity index (χ2v) is 8.92. The van der Waals surface area contributed by atoms with E-state index in [4.69, 9.17) is 5.11 Å². The number of carboxylic acid groups (broad SMARTS) is 1. The molecular formula is C24H20F3NO4S. The second kappa shape index (κ2) is 9.19. The predicted octanol–water partition coefficient (Wildman–Crippen LogP) is 5.80. The third-order valence-corrected chi connectivity index (χ3v) is 6.21. The number of carbonyl (C=O) groups is 3. The maximum absolute atomic E-state index is 13.1. The number of alkyl halides is 3. The van der Waals surface area contributed by atoms with Gasteiger partial charge in [-0.25, -0.2) is 4.79 Å². The molecule has 1 aromatic heterocycles. The summed E-state index contributed by atoms with van der Waals surface area (Å²) in [5, 5.41) is 11.8. The van der Waals surface area contributed by atoms with Crippen LogP contribution in [0.15, 0.2) is 48.5 Å². The van der Waals surface area contributed by atoms with Gasteiger partial charge in [-0.05, 0) is 50.6 Å². The fraction of sp³-hybridized carbons (Fsp3) is 0.208. The van der Waals surface area contributed by atoms with Gasteiger partial charge in [-0.3, -0.25) is 9.59 Å². The molecule has 2 aromatic carbocycles. The van der Waals surface area contributed by atoms with Crippen molar-refractivity contribution in [3.63, 3.8) is 0 Å². The van der Waals surface area contributed by atoms with E-state index >= 15 is 0 Å². The Morgan fingerprint density at radius 2 is 1.39 bits per heavy atom. The summed E-state index contributed by atoms with van der Waals surface area (Å²) in [5.41, 5.74) is 0.312. The number of ketones is 1. The summed E-state index contributed by atoms with van der Waals surface area (Å²) in [6.07, 6.45) is -4.51. The molecule has 1 amide bonds. The number of halogens is 3. The Labute approximate surface area is 191 Å². The van der Waals surface area contributed by atoms with E-state index in [1.807, 2.05) is 0 Å². The number of aromatic carboxylic acids is 1. The normalized spacial score (nSPS) is 12.3. The van der Waals surface area contributed by atoms with E-state index in [-0.39, 0.29) is 22.3 Å². The molecule has 172 valence electrons. The van der Waals surface area contributed by atoms with Crippen LogP contribution in [0.3, 0.4) is 0 Å². The average Bonchev–Trinajstić information content (AvgIpc) is 3.06. The van der Waals surface area contributed by atoms with Crippen molar-refractivity contribution in [3.05, 3.63) is 91.7 Å². The maximum Gasteiger partial charge on any atom is 0.416 e. The van der Waals surface area contributed by atoms with Crippen LogP contribution in [0.2, 0.25) is 0 Å². The lowest BCUT2D eigenvalue weighted by Crippen LogP contribution is -2.28. The minimum absolute atomic E-state index is 0.0512. The van der Waals surface area contributed by atoms with Crippen molar-refractivity contribution < 1.29 is 32.7 Å². The molecule has 2 N–H and O–H groups in total. The molecule has 1 heterocycles. The topological polar surface area (TPSA) is 83.5 Å². The molecule has 0 aliphatic carbocycles. The SMILES string of the molecule is Cc1sc(C)c(C(=O)c2ccc(C(F)(F)F)cc2)c1C(=O)N[C@@H](C)c1ccc(C(=O)O)cc1. The van der Waals surface area contributed by atoms with Gasteiger partial charge in [0.25, 0.3) is 5.91 Å². The molecule has 0 saturated carbocycles. The van der Waals surface area contributed by atoms with E-state index in [1.54, 1.807) is 32.9 Å². The molecule has 1 atom stereocenters. The molecule has 5 nitrogen and oxygen atoms in total. The molecule has 0 fully saturated rings. The first-order valence-electron chi connectivity index (χ1n) is 9.86. The van der Waals surface area contributed by atoms with Gasteiger partial charge in [-0.1, -0.05) is 24.3 Å². The number of hydrogen-bond acceptors (Lipinski definition) is 4. The van der Waals surface area contributed by atoms with Crippen LogP contribution in [0, 0.1) is 13.8 Å². The van der Waals surface area contributed by atoms with Crippen LogP contribution in [0.25, 0.3) is 0 Å². The van der Waals surface area contributed by atoms with Crippen molar-refractivity contribution in [2.45, 2.75) is 33.0 Å². The van der Waals surface area contributed by atoms with E-state index in [0.29, 0.717) is 15.3 Å². The molecule has 3 rings (SSSR count). The van der Waals surface area contributed by atoms with Crippen LogP contribution in [-0.2, 0) is 6.18 Å². The van der Waals surface area contributed by atoms with Gasteiger partial charge in [0.15, 0.2) is 5.78 Å². The van der Waals surface area contributed by atoms with E-state index in [0.717, 1.165) is 24.3 Å². The van der Waals surface area contributed by atoms with Crippen molar-refractivity contribution >= 4 is 29.0 Å². The average molecular weight is 475 g/mol. The Kier molecular flexibility index (Phi) is 6.73. The molecule has 0 aliphatic heterocycles. The Bertz CT molecular complexity index is 1210. The van der Waals surface area contributed by atoms with Crippen molar-refractivity contribution in [1.29, 1.82) is 0 Å². The zero-order valence-electron chi connectivity index (χ0n) is 17.9. The molecule has 0 radical (unpaired) electrons. The number of thiophene rings is 1. The summed E-state index contributed by atoms with van der Waals surface area (Å²) in [4.78, 5) is 38.4. The minimum atomic E-state index is -4.51. The number of amides is 1. The minimum Gasteiger partial charge on any atom is -0.478 e. The Morgan fingerprint density at radius 3 is 1.91 bits per heavy atom. The zero-order valence-corrected chi connectivity index (χ0v) is 18.7. The molecule has 9 heteroatoms. The van der Waals surface area contributed by atoms with Gasteiger partial charge in [-0.15, -0.1) is 11.3 Å². The molecule has 0 saturated heterocycles. The Hall–Kier alpha value is -3.46. The first-order valence-corrected chi connectivity index (χ1v) is 10.7. The standard InChI is InChI=1S/C24H20F3NO4S/c1-12(15-4-6-17(7-5-15)23(31)32)28-22(30)20-14(3)33-13(2)19(20)21(29)16-8-10-18(11-9-16)24(25,26)27/h4-12H,1-3H3,(H,28,30)(H,31,32)/t12-/m0/s1. The fourth-order valence-corrected chi connectivity index (χ4v) is 4.50. The van der Waals surface area contributed by atoms with Gasteiger partial charge in [0, 0.05) is 20.9 Å². The third kappa shape index (κ3) is 5.14. The van der Waals surface area contributed by atoms with Crippen molar-refractivity contribution in [2.75, 3.05) is 0 Å². The highest BCUT2D eigenvalue weighted by Gasteiger charge is 2.31. The van der Waals surface area contributed by atoms with Crippen LogP contribution >= 0.6 is 11.3 Å². The number of nitrogens with one attached hydrogen (secondary N) is 1. The van der Waals surface area contributed by atoms with Crippen LogP contribution in [0.5, 0.6) is 0 Å². The molecule has 0 aliphatic rings. The van der Waals surface area contributed by atoms with Crippen LogP contribution in [0.4, 0.5) is 13.2 Å². The summed E-state index contributed by atoms with van der Waals surface area (Å²) in [7, 11) is 0. The van der Waals surface area contributed by atoms with Crippen molar-refractivity contribution in [3.8, 4) is 0 Å². The highest BCUT2D eigenvalue weighted by Crippen LogP contribution is 2.32. The lowest BCUT2D eigenvalue weighted by atomic mass is 9.97. The van der Waals surface area contributed by atoms with Crippen LogP contribution < -0.4 is 5.32 Å². The van der Waals surface area contributed by atoms with E-state index < -0.39 is 35.4 Å². The van der Waals surface area contributed by atoms with E-state index in [1.165, 1.54) is 23.5 Å². The number of hydrogen-bond donors (Lipinski definition) is 2. The Balaban J connectivity index is 1.88. The first kappa shape index (κ1) is 24.2. The summed E-state index contributed by atoms with van der Waals surface area (Å²) >= 11 is 1.26. The lowest BCUT2D eigenvalue weighted by Gasteiger charge is -2.16. The largest absolute Gasteiger partial charge is 0.478 e. The van der Waals surface area contributed by atoms with Gasteiger partial charge in [0.05, 0.1) is 22.7 Å². The van der Waals surface area contributed by atoms with Gasteiger partial charge in [-0.2, -0.15) is 13.2 Å². The number of rotatable bonds is 6. The van der Waals surface area contributed by atoms with E-state index in [2.05, 4.69) is 5.32 Å². The summed E-state index contributed by atoms with van der Waals surface area (Å²) in [6, 6.07) is 9.45. The molecule has 0 spiro atoms. The predicted molar refractivity (Wildman–Crippen MR) is 118 cm³/mol. The van der Waals surface area contributed by atoms with Gasteiger partial charge in [0.1, 0.15) is 0 Å². The summed E-state index contributed by atoms with van der Waals surface area (Å²) in [6.45, 7) is 5.10. The highest BCUT2D eigenvalue weighted by atomic mass is 32.1. The summed E-state index contributed by atoms with van der Waals surface area (Å²) < 4.78 is 38.5. The highest BCUT2D eigenvalue weighted by molar-refractivity contribution is 7.12. The van der Waals surface area contributed by atoms with Crippen LogP contribution in [0.1, 0.15) is 70.5 Å². The fourth-order valence-electron chi connectivity index (χ4n) is 3.45. The quantitative estimate of drug-likeness (QED) is 0.441. The lowest BCUT2D eigenvalue weighted by molar-refractivity contribution is -0.137. The van der Waals surface area contributed by atoms with Gasteiger partial charge < -0.3 is 10.4 Å². The number of carboxylic acids is 1. The number of carbonyl (C=O) groups excluding carboxylic acids is 2. The Morgan fingerprint density at radius 1 is 0.879 bits per heavy atom. The smallest absolute Gasteiger partial charge is 0.416 e. The maximum atomic E-state index is 13.1. The molecule has 0 bridgehead atoms. The number of aryl methyl sites for hydroxylation is 2. The van der Waals surface area contributed by atoms with Gasteiger partial charge in [0.2, 0.25) is 0 Å². The second-order valence-electron chi connectivity index (χ2n) is 7.49.